The van der Waals surface area contributed by atoms with Crippen LogP contribution in [0.15, 0.2) is 24.3 Å². The number of carbonyl (C=O) groups excluding carboxylic acids is 1. The van der Waals surface area contributed by atoms with Gasteiger partial charge in [-0.15, -0.1) is 0 Å². The Morgan fingerprint density at radius 2 is 1.85 bits per heavy atom. The average molecular weight is 296 g/mol. The van der Waals surface area contributed by atoms with Crippen LogP contribution < -0.4 is 10.6 Å². The van der Waals surface area contributed by atoms with Crippen LogP contribution in [0.25, 0.3) is 0 Å². The standard InChI is InChI=1S/C15H22ClN3O/c16-13-5-1-2-6-14(13)18-9-11-19(12-10-18)15(20)7-3-4-8-17/h1-2,5-6H,3-4,7-12,17H2. The Bertz CT molecular complexity index is 444. The Hall–Kier alpha value is -1.26. The summed E-state index contributed by atoms with van der Waals surface area (Å²) >= 11 is 6.21. The van der Waals surface area contributed by atoms with E-state index >= 15 is 0 Å². The van der Waals surface area contributed by atoms with E-state index in [0.717, 1.165) is 49.7 Å². The van der Waals surface area contributed by atoms with Crippen LogP contribution in [-0.4, -0.2) is 43.5 Å². The fraction of sp³-hybridized carbons (Fsp3) is 0.533. The number of piperazine rings is 1. The minimum absolute atomic E-state index is 0.247. The lowest BCUT2D eigenvalue weighted by Gasteiger charge is -2.36. The molecule has 1 aromatic carbocycles. The van der Waals surface area contributed by atoms with Crippen molar-refractivity contribution in [3.8, 4) is 0 Å². The van der Waals surface area contributed by atoms with Gasteiger partial charge in [0.25, 0.3) is 0 Å². The Kier molecular flexibility index (Phi) is 5.68. The van der Waals surface area contributed by atoms with E-state index in [9.17, 15) is 4.79 Å². The minimum Gasteiger partial charge on any atom is -0.367 e. The molecule has 2 N–H and O–H groups in total. The van der Waals surface area contributed by atoms with Gasteiger partial charge < -0.3 is 15.5 Å². The third kappa shape index (κ3) is 3.87. The van der Waals surface area contributed by atoms with Crippen LogP contribution in [0, 0.1) is 0 Å². The van der Waals surface area contributed by atoms with Crippen molar-refractivity contribution in [2.75, 3.05) is 37.6 Å². The van der Waals surface area contributed by atoms with Crippen LogP contribution in [0.4, 0.5) is 5.69 Å². The van der Waals surface area contributed by atoms with E-state index in [1.165, 1.54) is 0 Å². The molecule has 1 saturated heterocycles. The van der Waals surface area contributed by atoms with Crippen LogP contribution in [-0.2, 0) is 4.79 Å². The Labute approximate surface area is 125 Å². The third-order valence-corrected chi connectivity index (χ3v) is 3.99. The number of benzene rings is 1. The highest BCUT2D eigenvalue weighted by Crippen LogP contribution is 2.26. The summed E-state index contributed by atoms with van der Waals surface area (Å²) in [5.74, 6) is 0.247. The number of nitrogens with zero attached hydrogens (tertiary/aromatic N) is 2. The first-order chi connectivity index (χ1) is 9.72. The van der Waals surface area contributed by atoms with E-state index in [4.69, 9.17) is 17.3 Å². The van der Waals surface area contributed by atoms with Crippen molar-refractivity contribution in [2.45, 2.75) is 19.3 Å². The van der Waals surface area contributed by atoms with Crippen LogP contribution in [0.2, 0.25) is 5.02 Å². The zero-order valence-corrected chi connectivity index (χ0v) is 12.5. The van der Waals surface area contributed by atoms with Gasteiger partial charge in [-0.2, -0.15) is 0 Å². The quantitative estimate of drug-likeness (QED) is 0.847. The summed E-state index contributed by atoms with van der Waals surface area (Å²) in [6.45, 7) is 3.88. The molecule has 1 heterocycles. The van der Waals surface area contributed by atoms with E-state index in [1.54, 1.807) is 0 Å². The maximum atomic E-state index is 12.0. The first-order valence-electron chi connectivity index (χ1n) is 7.19. The van der Waals surface area contributed by atoms with E-state index < -0.39 is 0 Å². The third-order valence-electron chi connectivity index (χ3n) is 3.67. The van der Waals surface area contributed by atoms with Crippen molar-refractivity contribution in [1.29, 1.82) is 0 Å². The summed E-state index contributed by atoms with van der Waals surface area (Å²) in [7, 11) is 0. The maximum absolute atomic E-state index is 12.0. The van der Waals surface area contributed by atoms with Crippen molar-refractivity contribution in [3.63, 3.8) is 0 Å². The Balaban J connectivity index is 1.83. The molecule has 0 aromatic heterocycles. The molecule has 110 valence electrons. The lowest BCUT2D eigenvalue weighted by Crippen LogP contribution is -2.48. The van der Waals surface area contributed by atoms with Crippen LogP contribution in [0.1, 0.15) is 19.3 Å². The Morgan fingerprint density at radius 1 is 1.15 bits per heavy atom. The SMILES string of the molecule is NCCCCC(=O)N1CCN(c2ccccc2Cl)CC1. The van der Waals surface area contributed by atoms with Crippen molar-refractivity contribution < 1.29 is 4.79 Å². The van der Waals surface area contributed by atoms with E-state index in [1.807, 2.05) is 29.2 Å². The predicted octanol–water partition coefficient (Wildman–Crippen LogP) is 2.12. The lowest BCUT2D eigenvalue weighted by molar-refractivity contribution is -0.131. The smallest absolute Gasteiger partial charge is 0.222 e. The molecule has 0 spiro atoms. The summed E-state index contributed by atoms with van der Waals surface area (Å²) < 4.78 is 0. The van der Waals surface area contributed by atoms with Crippen LogP contribution in [0.5, 0.6) is 0 Å². The highest BCUT2D eigenvalue weighted by atomic mass is 35.5. The van der Waals surface area contributed by atoms with Crippen molar-refractivity contribution in [2.24, 2.45) is 5.73 Å². The zero-order valence-electron chi connectivity index (χ0n) is 11.7. The number of halogens is 1. The molecular formula is C15H22ClN3O. The van der Waals surface area contributed by atoms with Gasteiger partial charge in [0.15, 0.2) is 0 Å². The highest BCUT2D eigenvalue weighted by molar-refractivity contribution is 6.33. The molecule has 4 nitrogen and oxygen atoms in total. The van der Waals surface area contributed by atoms with Crippen molar-refractivity contribution in [1.82, 2.24) is 4.90 Å². The zero-order chi connectivity index (χ0) is 14.4. The predicted molar refractivity (Wildman–Crippen MR) is 83.2 cm³/mol. The molecule has 5 heteroatoms. The van der Waals surface area contributed by atoms with Gasteiger partial charge in [0.1, 0.15) is 0 Å². The van der Waals surface area contributed by atoms with Gasteiger partial charge >= 0.3 is 0 Å². The first-order valence-corrected chi connectivity index (χ1v) is 7.57. The number of para-hydroxylation sites is 1. The number of rotatable bonds is 5. The molecule has 1 aromatic rings. The number of anilines is 1. The summed E-state index contributed by atoms with van der Waals surface area (Å²) in [5.41, 5.74) is 6.51. The largest absolute Gasteiger partial charge is 0.367 e. The number of nitrogens with two attached hydrogens (primary N) is 1. The number of amides is 1. The van der Waals surface area contributed by atoms with Gasteiger partial charge in [-0.05, 0) is 31.5 Å². The molecule has 1 aliphatic rings. The fourth-order valence-electron chi connectivity index (χ4n) is 2.48. The van der Waals surface area contributed by atoms with Gasteiger partial charge in [0, 0.05) is 32.6 Å². The summed E-state index contributed by atoms with van der Waals surface area (Å²) in [5, 5.41) is 0.773. The van der Waals surface area contributed by atoms with Crippen LogP contribution >= 0.6 is 11.6 Å². The molecular weight excluding hydrogens is 274 g/mol. The monoisotopic (exact) mass is 295 g/mol. The normalized spacial score (nSPS) is 15.5. The average Bonchev–Trinajstić information content (AvgIpc) is 2.48. The summed E-state index contributed by atoms with van der Waals surface area (Å²) in [6.07, 6.45) is 2.43. The molecule has 1 fully saturated rings. The Morgan fingerprint density at radius 3 is 2.50 bits per heavy atom. The summed E-state index contributed by atoms with van der Waals surface area (Å²) in [4.78, 5) is 16.2. The van der Waals surface area contributed by atoms with Gasteiger partial charge in [-0.25, -0.2) is 0 Å². The van der Waals surface area contributed by atoms with Gasteiger partial charge in [0.05, 0.1) is 10.7 Å². The molecule has 20 heavy (non-hydrogen) atoms. The second kappa shape index (κ2) is 7.50. The lowest BCUT2D eigenvalue weighted by atomic mass is 10.2. The first kappa shape index (κ1) is 15.1. The number of hydrogen-bond donors (Lipinski definition) is 1. The molecule has 0 saturated carbocycles. The number of carbonyl (C=O) groups is 1. The van der Waals surface area contributed by atoms with E-state index in [0.29, 0.717) is 13.0 Å². The minimum atomic E-state index is 0.247. The highest BCUT2D eigenvalue weighted by Gasteiger charge is 2.21. The van der Waals surface area contributed by atoms with E-state index in [2.05, 4.69) is 4.90 Å². The summed E-state index contributed by atoms with van der Waals surface area (Å²) in [6, 6.07) is 7.86. The van der Waals surface area contributed by atoms with E-state index in [-0.39, 0.29) is 5.91 Å². The van der Waals surface area contributed by atoms with Crippen molar-refractivity contribution in [3.05, 3.63) is 29.3 Å². The molecule has 0 bridgehead atoms. The second-order valence-electron chi connectivity index (χ2n) is 5.07. The number of hydrogen-bond acceptors (Lipinski definition) is 3. The second-order valence-corrected chi connectivity index (χ2v) is 5.47. The van der Waals surface area contributed by atoms with Crippen LogP contribution in [0.3, 0.4) is 0 Å². The molecule has 0 atom stereocenters. The molecule has 1 amide bonds. The number of unbranched alkanes of at least 4 members (excludes halogenated alkanes) is 1. The van der Waals surface area contributed by atoms with Gasteiger partial charge in [-0.3, -0.25) is 4.79 Å². The molecule has 0 radical (unpaired) electrons. The van der Waals surface area contributed by atoms with Gasteiger partial charge in [0.2, 0.25) is 5.91 Å². The maximum Gasteiger partial charge on any atom is 0.222 e. The molecule has 0 aliphatic carbocycles. The van der Waals surface area contributed by atoms with Gasteiger partial charge in [-0.1, -0.05) is 23.7 Å². The fourth-order valence-corrected chi connectivity index (χ4v) is 2.74. The molecule has 1 aliphatic heterocycles. The topological polar surface area (TPSA) is 49.6 Å². The molecule has 2 rings (SSSR count). The van der Waals surface area contributed by atoms with Crippen molar-refractivity contribution >= 4 is 23.2 Å². The molecule has 0 unspecified atom stereocenters.